The lowest BCUT2D eigenvalue weighted by Gasteiger charge is -2.48. The van der Waals surface area contributed by atoms with Crippen LogP contribution in [0.15, 0.2) is 30.3 Å². The summed E-state index contributed by atoms with van der Waals surface area (Å²) in [5.74, 6) is 1.90. The van der Waals surface area contributed by atoms with Crippen molar-refractivity contribution in [1.29, 1.82) is 0 Å². The van der Waals surface area contributed by atoms with Crippen LogP contribution in [0.3, 0.4) is 0 Å². The van der Waals surface area contributed by atoms with Gasteiger partial charge in [-0.15, -0.1) is 0 Å². The van der Waals surface area contributed by atoms with Gasteiger partial charge in [0.2, 0.25) is 0 Å². The van der Waals surface area contributed by atoms with Crippen molar-refractivity contribution in [1.82, 2.24) is 4.90 Å². The van der Waals surface area contributed by atoms with E-state index in [9.17, 15) is 0 Å². The molecule has 1 aliphatic rings. The molecule has 118 valence electrons. The maximum atomic E-state index is 6.21. The van der Waals surface area contributed by atoms with E-state index < -0.39 is 0 Å². The van der Waals surface area contributed by atoms with Gasteiger partial charge in [0.15, 0.2) is 0 Å². The van der Waals surface area contributed by atoms with Gasteiger partial charge in [0.05, 0.1) is 0 Å². The second kappa shape index (κ2) is 7.66. The average Bonchev–Trinajstić information content (AvgIpc) is 2.55. The summed E-state index contributed by atoms with van der Waals surface area (Å²) in [6, 6.07) is 11.6. The monoisotopic (exact) mass is 306 g/mol. The van der Waals surface area contributed by atoms with Crippen molar-refractivity contribution in [2.75, 3.05) is 25.6 Å². The van der Waals surface area contributed by atoms with Crippen molar-refractivity contribution in [2.45, 2.75) is 50.1 Å². The molecule has 21 heavy (non-hydrogen) atoms. The molecule has 0 aliphatic heterocycles. The first kappa shape index (κ1) is 16.9. The van der Waals surface area contributed by atoms with E-state index in [1.54, 1.807) is 0 Å². The van der Waals surface area contributed by atoms with Crippen molar-refractivity contribution >= 4 is 11.8 Å². The van der Waals surface area contributed by atoms with Crippen molar-refractivity contribution in [3.8, 4) is 0 Å². The Labute approximate surface area is 134 Å². The van der Waals surface area contributed by atoms with Gasteiger partial charge in [-0.2, -0.15) is 11.8 Å². The number of thioether (sulfide) groups is 1. The third kappa shape index (κ3) is 3.82. The molecule has 1 saturated carbocycles. The van der Waals surface area contributed by atoms with Crippen LogP contribution in [0.5, 0.6) is 0 Å². The van der Waals surface area contributed by atoms with Crippen LogP contribution >= 0.6 is 11.8 Å². The molecule has 2 rings (SSSR count). The molecule has 1 atom stereocenters. The molecule has 0 spiro atoms. The van der Waals surface area contributed by atoms with Crippen LogP contribution in [-0.2, 0) is 0 Å². The Morgan fingerprint density at radius 1 is 1.29 bits per heavy atom. The summed E-state index contributed by atoms with van der Waals surface area (Å²) in [6.07, 6.45) is 7.15. The van der Waals surface area contributed by atoms with Gasteiger partial charge in [0.1, 0.15) is 0 Å². The van der Waals surface area contributed by atoms with Gasteiger partial charge in [-0.25, -0.2) is 0 Å². The quantitative estimate of drug-likeness (QED) is 0.868. The van der Waals surface area contributed by atoms with Crippen LogP contribution in [0.1, 0.15) is 44.1 Å². The summed E-state index contributed by atoms with van der Waals surface area (Å²) >= 11 is 1.93. The highest BCUT2D eigenvalue weighted by Crippen LogP contribution is 2.40. The Balaban J connectivity index is 2.02. The van der Waals surface area contributed by atoms with Gasteiger partial charge >= 0.3 is 0 Å². The van der Waals surface area contributed by atoms with Crippen LogP contribution in [0.4, 0.5) is 0 Å². The van der Waals surface area contributed by atoms with Crippen LogP contribution < -0.4 is 5.73 Å². The SMILES string of the molecule is CSCC(C)N(C)C1(CN)CCC(c2ccccc2)CC1. The normalized spacial score (nSPS) is 27.8. The highest BCUT2D eigenvalue weighted by molar-refractivity contribution is 7.98. The Hall–Kier alpha value is -0.510. The van der Waals surface area contributed by atoms with Gasteiger partial charge in [0.25, 0.3) is 0 Å². The van der Waals surface area contributed by atoms with E-state index in [0.29, 0.717) is 6.04 Å². The molecule has 2 N–H and O–H groups in total. The fourth-order valence-electron chi connectivity index (χ4n) is 3.74. The van der Waals surface area contributed by atoms with Gasteiger partial charge < -0.3 is 5.73 Å². The molecule has 0 bridgehead atoms. The fourth-order valence-corrected chi connectivity index (χ4v) is 4.44. The van der Waals surface area contributed by atoms with Crippen LogP contribution in [-0.4, -0.2) is 42.1 Å². The first-order chi connectivity index (χ1) is 10.1. The molecule has 1 aromatic rings. The number of hydrogen-bond acceptors (Lipinski definition) is 3. The minimum Gasteiger partial charge on any atom is -0.329 e. The molecular formula is C18H30N2S. The zero-order valence-electron chi connectivity index (χ0n) is 13.7. The van der Waals surface area contributed by atoms with E-state index in [1.165, 1.54) is 37.0 Å². The maximum Gasteiger partial charge on any atom is 0.0332 e. The molecular weight excluding hydrogens is 276 g/mol. The van der Waals surface area contributed by atoms with Crippen molar-refractivity contribution in [3.63, 3.8) is 0 Å². The highest BCUT2D eigenvalue weighted by Gasteiger charge is 2.39. The van der Waals surface area contributed by atoms with Crippen molar-refractivity contribution in [3.05, 3.63) is 35.9 Å². The first-order valence-electron chi connectivity index (χ1n) is 8.10. The second-order valence-corrected chi connectivity index (χ2v) is 7.44. The fraction of sp³-hybridized carbons (Fsp3) is 0.667. The number of benzene rings is 1. The average molecular weight is 307 g/mol. The summed E-state index contributed by atoms with van der Waals surface area (Å²) in [5.41, 5.74) is 7.92. The summed E-state index contributed by atoms with van der Waals surface area (Å²) in [4.78, 5) is 2.56. The second-order valence-electron chi connectivity index (χ2n) is 6.53. The molecule has 3 heteroatoms. The minimum atomic E-state index is 0.209. The van der Waals surface area contributed by atoms with E-state index >= 15 is 0 Å². The first-order valence-corrected chi connectivity index (χ1v) is 9.49. The highest BCUT2D eigenvalue weighted by atomic mass is 32.2. The Bertz CT molecular complexity index is 412. The largest absolute Gasteiger partial charge is 0.329 e. The summed E-state index contributed by atoms with van der Waals surface area (Å²) in [7, 11) is 2.27. The van der Waals surface area contributed by atoms with Crippen LogP contribution in [0, 0.1) is 0 Å². The van der Waals surface area contributed by atoms with Gasteiger partial charge in [-0.05, 0) is 57.4 Å². The topological polar surface area (TPSA) is 29.3 Å². The lowest BCUT2D eigenvalue weighted by atomic mass is 9.73. The Morgan fingerprint density at radius 3 is 2.43 bits per heavy atom. The lowest BCUT2D eigenvalue weighted by Crippen LogP contribution is -2.57. The summed E-state index contributed by atoms with van der Waals surface area (Å²) in [6.45, 7) is 3.11. The number of hydrogen-bond donors (Lipinski definition) is 1. The van der Waals surface area contributed by atoms with Crippen molar-refractivity contribution < 1.29 is 0 Å². The minimum absolute atomic E-state index is 0.209. The summed E-state index contributed by atoms with van der Waals surface area (Å²) < 4.78 is 0. The number of nitrogens with zero attached hydrogens (tertiary/aromatic N) is 1. The van der Waals surface area contributed by atoms with Crippen LogP contribution in [0.25, 0.3) is 0 Å². The summed E-state index contributed by atoms with van der Waals surface area (Å²) in [5, 5.41) is 0. The molecule has 0 radical (unpaired) electrons. The van der Waals surface area contributed by atoms with E-state index in [1.807, 2.05) is 11.8 Å². The molecule has 1 aromatic carbocycles. The third-order valence-electron chi connectivity index (χ3n) is 5.38. The zero-order valence-corrected chi connectivity index (χ0v) is 14.5. The number of rotatable bonds is 6. The molecule has 0 amide bonds. The Morgan fingerprint density at radius 2 is 1.90 bits per heavy atom. The molecule has 1 fully saturated rings. The van der Waals surface area contributed by atoms with E-state index in [4.69, 9.17) is 5.73 Å². The third-order valence-corrected chi connectivity index (χ3v) is 6.20. The van der Waals surface area contributed by atoms with Crippen LogP contribution in [0.2, 0.25) is 0 Å². The van der Waals surface area contributed by atoms with Crippen molar-refractivity contribution in [2.24, 2.45) is 5.73 Å². The number of likely N-dealkylation sites (N-methyl/N-ethyl adjacent to an activating group) is 1. The molecule has 1 unspecified atom stereocenters. The maximum absolute atomic E-state index is 6.21. The smallest absolute Gasteiger partial charge is 0.0332 e. The van der Waals surface area contributed by atoms with E-state index in [2.05, 4.69) is 55.5 Å². The molecule has 0 saturated heterocycles. The van der Waals surface area contributed by atoms with Gasteiger partial charge in [0, 0.05) is 23.9 Å². The van der Waals surface area contributed by atoms with Gasteiger partial charge in [-0.1, -0.05) is 30.3 Å². The Kier molecular flexibility index (Phi) is 6.15. The molecule has 1 aliphatic carbocycles. The number of nitrogens with two attached hydrogens (primary N) is 1. The molecule has 2 nitrogen and oxygen atoms in total. The standard InChI is InChI=1S/C18H30N2S/c1-15(13-21-3)20(2)18(14-19)11-9-17(10-12-18)16-7-5-4-6-8-16/h4-8,15,17H,9-14,19H2,1-3H3. The predicted octanol–water partition coefficient (Wildman–Crippen LogP) is 3.73. The molecule has 0 heterocycles. The van der Waals surface area contributed by atoms with Gasteiger partial charge in [-0.3, -0.25) is 4.90 Å². The van der Waals surface area contributed by atoms with E-state index in [-0.39, 0.29) is 5.54 Å². The predicted molar refractivity (Wildman–Crippen MR) is 95.0 cm³/mol. The zero-order chi connectivity index (χ0) is 15.3. The molecule has 0 aromatic heterocycles. The van der Waals surface area contributed by atoms with E-state index in [0.717, 1.165) is 12.5 Å². The lowest BCUT2D eigenvalue weighted by molar-refractivity contribution is 0.0521.